The van der Waals surface area contributed by atoms with E-state index in [4.69, 9.17) is 5.11 Å². The van der Waals surface area contributed by atoms with Crippen LogP contribution in [0.4, 0.5) is 0 Å². The zero-order chi connectivity index (χ0) is 14.2. The highest BCUT2D eigenvalue weighted by Gasteiger charge is 2.29. The van der Waals surface area contributed by atoms with E-state index in [-0.39, 0.29) is 5.91 Å². The van der Waals surface area contributed by atoms with Gasteiger partial charge in [0.1, 0.15) is 5.69 Å². The molecule has 2 rings (SSSR count). The normalized spacial score (nSPS) is 17.8. The minimum Gasteiger partial charge on any atom is -0.481 e. The summed E-state index contributed by atoms with van der Waals surface area (Å²) in [4.78, 5) is 23.1. The van der Waals surface area contributed by atoms with Gasteiger partial charge in [0.15, 0.2) is 0 Å². The van der Waals surface area contributed by atoms with Crippen molar-refractivity contribution in [3.05, 3.63) is 22.4 Å². The summed E-state index contributed by atoms with van der Waals surface area (Å²) in [6, 6.07) is 1.76. The lowest BCUT2D eigenvalue weighted by atomic mass is 10.0. The molecule has 0 aromatic carbocycles. The van der Waals surface area contributed by atoms with Crippen molar-refractivity contribution in [1.29, 1.82) is 0 Å². The van der Waals surface area contributed by atoms with Crippen molar-refractivity contribution in [2.24, 2.45) is 5.92 Å². The molecule has 1 saturated carbocycles. The molecule has 1 aliphatic rings. The van der Waals surface area contributed by atoms with Gasteiger partial charge in [-0.1, -0.05) is 0 Å². The smallest absolute Gasteiger partial charge is 0.308 e. The first-order valence-corrected chi connectivity index (χ1v) is 7.10. The highest BCUT2D eigenvalue weighted by Crippen LogP contribution is 2.37. The summed E-state index contributed by atoms with van der Waals surface area (Å²) in [5, 5.41) is 11.7. The van der Waals surface area contributed by atoms with Gasteiger partial charge in [0.05, 0.1) is 5.92 Å². The number of halogens is 1. The molecule has 19 heavy (non-hydrogen) atoms. The van der Waals surface area contributed by atoms with Crippen LogP contribution in [0.25, 0.3) is 0 Å². The van der Waals surface area contributed by atoms with E-state index in [1.54, 1.807) is 19.9 Å². The molecule has 0 aliphatic heterocycles. The van der Waals surface area contributed by atoms with Gasteiger partial charge in [-0.05, 0) is 48.7 Å². The Morgan fingerprint density at radius 2 is 2.11 bits per heavy atom. The summed E-state index contributed by atoms with van der Waals surface area (Å²) in [5.74, 6) is -1.75. The van der Waals surface area contributed by atoms with E-state index >= 15 is 0 Å². The maximum atomic E-state index is 12.2. The van der Waals surface area contributed by atoms with Gasteiger partial charge >= 0.3 is 5.97 Å². The van der Waals surface area contributed by atoms with Crippen LogP contribution in [-0.4, -0.2) is 27.6 Å². The molecule has 1 aliphatic carbocycles. The lowest BCUT2D eigenvalue weighted by Gasteiger charge is -2.18. The molecule has 1 heterocycles. The molecule has 6 heteroatoms. The SMILES string of the molecule is CC(NC(=O)c1cc(Br)cn1C1CC1)C(C)C(=O)O. The van der Waals surface area contributed by atoms with Crippen LogP contribution >= 0.6 is 15.9 Å². The second-order valence-corrected chi connectivity index (χ2v) is 5.99. The first-order valence-electron chi connectivity index (χ1n) is 6.31. The number of aromatic nitrogens is 1. The van der Waals surface area contributed by atoms with E-state index in [2.05, 4.69) is 21.2 Å². The number of nitrogens with one attached hydrogen (secondary N) is 1. The van der Waals surface area contributed by atoms with Crippen molar-refractivity contribution in [2.75, 3.05) is 0 Å². The number of amides is 1. The van der Waals surface area contributed by atoms with Gasteiger partial charge in [0.25, 0.3) is 5.91 Å². The summed E-state index contributed by atoms with van der Waals surface area (Å²) in [5.41, 5.74) is 0.582. The van der Waals surface area contributed by atoms with Crippen LogP contribution in [-0.2, 0) is 4.79 Å². The largest absolute Gasteiger partial charge is 0.481 e. The molecule has 5 nitrogen and oxygen atoms in total. The van der Waals surface area contributed by atoms with Crippen LogP contribution in [0.3, 0.4) is 0 Å². The highest BCUT2D eigenvalue weighted by molar-refractivity contribution is 9.10. The molecular formula is C13H17BrN2O3. The second-order valence-electron chi connectivity index (χ2n) is 5.07. The van der Waals surface area contributed by atoms with Crippen LogP contribution in [0, 0.1) is 5.92 Å². The Morgan fingerprint density at radius 3 is 2.63 bits per heavy atom. The Labute approximate surface area is 120 Å². The number of carbonyl (C=O) groups excluding carboxylic acids is 1. The van der Waals surface area contributed by atoms with Crippen molar-refractivity contribution in [3.8, 4) is 0 Å². The first kappa shape index (κ1) is 14.1. The van der Waals surface area contributed by atoms with Gasteiger partial charge in [0, 0.05) is 22.8 Å². The highest BCUT2D eigenvalue weighted by atomic mass is 79.9. The third kappa shape index (κ3) is 3.18. The molecule has 0 radical (unpaired) electrons. The average molecular weight is 329 g/mol. The summed E-state index contributed by atoms with van der Waals surface area (Å²) < 4.78 is 2.82. The van der Waals surface area contributed by atoms with E-state index < -0.39 is 17.9 Å². The van der Waals surface area contributed by atoms with Gasteiger partial charge in [-0.2, -0.15) is 0 Å². The Morgan fingerprint density at radius 1 is 1.47 bits per heavy atom. The number of aliphatic carboxylic acids is 1. The van der Waals surface area contributed by atoms with E-state index in [0.29, 0.717) is 11.7 Å². The predicted molar refractivity (Wildman–Crippen MR) is 74.1 cm³/mol. The standard InChI is InChI=1S/C13H17BrN2O3/c1-7(13(18)19)8(2)15-12(17)11-5-9(14)6-16(11)10-3-4-10/h5-8,10H,3-4H2,1-2H3,(H,15,17)(H,18,19). The minimum atomic E-state index is -0.911. The first-order chi connectivity index (χ1) is 8.90. The lowest BCUT2D eigenvalue weighted by molar-refractivity contribution is -0.141. The molecule has 1 aromatic rings. The zero-order valence-corrected chi connectivity index (χ0v) is 12.5. The minimum absolute atomic E-state index is 0.224. The number of nitrogens with zero attached hydrogens (tertiary/aromatic N) is 1. The summed E-state index contributed by atoms with van der Waals surface area (Å²) in [6.45, 7) is 3.29. The maximum absolute atomic E-state index is 12.2. The number of carboxylic acids is 1. The summed E-state index contributed by atoms with van der Waals surface area (Å²) in [6.07, 6.45) is 4.07. The molecule has 0 spiro atoms. The zero-order valence-electron chi connectivity index (χ0n) is 10.9. The van der Waals surface area contributed by atoms with Crippen LogP contribution in [0.2, 0.25) is 0 Å². The maximum Gasteiger partial charge on any atom is 0.308 e. The van der Waals surface area contributed by atoms with E-state index in [1.165, 1.54) is 0 Å². The van der Waals surface area contributed by atoms with E-state index in [1.807, 2.05) is 10.8 Å². The van der Waals surface area contributed by atoms with E-state index in [9.17, 15) is 9.59 Å². The number of hydrogen-bond acceptors (Lipinski definition) is 2. The van der Waals surface area contributed by atoms with Gasteiger partial charge < -0.3 is 15.0 Å². The van der Waals surface area contributed by atoms with Gasteiger partial charge in [-0.25, -0.2) is 0 Å². The van der Waals surface area contributed by atoms with Crippen LogP contribution in [0.5, 0.6) is 0 Å². The van der Waals surface area contributed by atoms with Crippen LogP contribution < -0.4 is 5.32 Å². The Balaban J connectivity index is 2.09. The topological polar surface area (TPSA) is 71.3 Å². The predicted octanol–water partition coefficient (Wildman–Crippen LogP) is 2.42. The molecule has 1 aromatic heterocycles. The molecule has 2 atom stereocenters. The fourth-order valence-electron chi connectivity index (χ4n) is 1.90. The fraction of sp³-hybridized carbons (Fsp3) is 0.538. The van der Waals surface area contributed by atoms with Crippen molar-refractivity contribution < 1.29 is 14.7 Å². The molecule has 2 N–H and O–H groups in total. The van der Waals surface area contributed by atoms with Crippen LogP contribution in [0.15, 0.2) is 16.7 Å². The van der Waals surface area contributed by atoms with Gasteiger partial charge in [-0.15, -0.1) is 0 Å². The lowest BCUT2D eigenvalue weighted by Crippen LogP contribution is -2.40. The van der Waals surface area contributed by atoms with Gasteiger partial charge in [0.2, 0.25) is 0 Å². The molecule has 2 unspecified atom stereocenters. The summed E-state index contributed by atoms with van der Waals surface area (Å²) >= 11 is 3.37. The van der Waals surface area contributed by atoms with Crippen molar-refractivity contribution in [1.82, 2.24) is 9.88 Å². The number of hydrogen-bond donors (Lipinski definition) is 2. The monoisotopic (exact) mass is 328 g/mol. The Bertz CT molecular complexity index is 508. The molecule has 1 fully saturated rings. The number of carboxylic acid groups (broad SMARTS) is 1. The van der Waals surface area contributed by atoms with Crippen molar-refractivity contribution >= 4 is 27.8 Å². The van der Waals surface area contributed by atoms with E-state index in [0.717, 1.165) is 17.3 Å². The molecule has 1 amide bonds. The third-order valence-electron chi connectivity index (χ3n) is 3.49. The fourth-order valence-corrected chi connectivity index (χ4v) is 2.34. The Hall–Kier alpha value is -1.30. The molecule has 0 bridgehead atoms. The number of rotatable bonds is 5. The third-order valence-corrected chi connectivity index (χ3v) is 3.92. The quantitative estimate of drug-likeness (QED) is 0.871. The average Bonchev–Trinajstić information content (AvgIpc) is 3.11. The van der Waals surface area contributed by atoms with Crippen molar-refractivity contribution in [3.63, 3.8) is 0 Å². The number of carbonyl (C=O) groups is 2. The molecular weight excluding hydrogens is 312 g/mol. The molecule has 0 saturated heterocycles. The van der Waals surface area contributed by atoms with Gasteiger partial charge in [-0.3, -0.25) is 9.59 Å². The summed E-state index contributed by atoms with van der Waals surface area (Å²) in [7, 11) is 0. The Kier molecular flexibility index (Phi) is 3.99. The second kappa shape index (κ2) is 5.36. The van der Waals surface area contributed by atoms with Crippen LogP contribution in [0.1, 0.15) is 43.2 Å². The molecule has 104 valence electrons. The van der Waals surface area contributed by atoms with Crippen molar-refractivity contribution in [2.45, 2.75) is 38.8 Å².